The number of halogens is 3. The average Bonchev–Trinajstić information content (AvgIpc) is 4.18. The van der Waals surface area contributed by atoms with Crippen molar-refractivity contribution in [3.63, 3.8) is 0 Å². The summed E-state index contributed by atoms with van der Waals surface area (Å²) in [5, 5.41) is 8.39. The smallest absolute Gasteiger partial charge is 0.0134 e. The van der Waals surface area contributed by atoms with Gasteiger partial charge in [-0.15, -0.1) is 17.5 Å². The van der Waals surface area contributed by atoms with Crippen LogP contribution in [0.15, 0.2) is 209 Å². The second-order valence-electron chi connectivity index (χ2n) is 21.0. The summed E-state index contributed by atoms with van der Waals surface area (Å²) in [7, 11) is 6.18. The monoisotopic (exact) mass is 1400 g/mol. The molecule has 6 aromatic carbocycles. The molecule has 0 saturated carbocycles. The van der Waals surface area contributed by atoms with Gasteiger partial charge in [0, 0.05) is 12.1 Å². The van der Waals surface area contributed by atoms with E-state index >= 15 is 0 Å². The Hall–Kier alpha value is -5.84. The molecule has 0 atom stereocenters. The number of rotatable bonds is 12. The number of nitrogens with one attached hydrogen (secondary N) is 2. The summed E-state index contributed by atoms with van der Waals surface area (Å²) in [5.74, 6) is 3.10. The minimum absolute atomic E-state index is 0. The first-order valence-corrected chi connectivity index (χ1v) is 42.2. The van der Waals surface area contributed by atoms with E-state index in [9.17, 15) is 9.59 Å². The number of imidazole rings is 2. The maximum atomic E-state index is 12.1. The Balaban J connectivity index is 0.000000231. The maximum Gasteiger partial charge on any atom is -0.0134 e. The number of hydrogen-bond donors (Lipinski definition) is 2. The fourth-order valence-electron chi connectivity index (χ4n) is 8.42. The molecule has 0 aliphatic carbocycles. The van der Waals surface area contributed by atoms with Gasteiger partial charge in [0.15, 0.2) is 22.6 Å². The average molecular weight is 1400 g/mol. The van der Waals surface area contributed by atoms with Gasteiger partial charge >= 0.3 is 46.4 Å². The third-order valence-electron chi connectivity index (χ3n) is 12.5. The summed E-state index contributed by atoms with van der Waals surface area (Å²) in [4.78, 5) is 46.7. The fraction of sp³-hybridized carbons (Fsp3) is 0.254. The predicted octanol–water partition coefficient (Wildman–Crippen LogP) is 15.4. The molecule has 0 saturated heterocycles. The number of benzene rings is 6. The predicted molar refractivity (Wildman–Crippen MR) is 374 cm³/mol. The Kier molecular flexibility index (Phi) is 31.2. The molecule has 18 heteroatoms. The van der Waals surface area contributed by atoms with Crippen LogP contribution in [0.3, 0.4) is 0 Å². The van der Waals surface area contributed by atoms with E-state index in [-0.39, 0.29) is 46.8 Å². The van der Waals surface area contributed by atoms with Crippen molar-refractivity contribution in [1.29, 1.82) is 0 Å². The van der Waals surface area contributed by atoms with Crippen molar-refractivity contribution >= 4 is 121 Å². The van der Waals surface area contributed by atoms with Crippen molar-refractivity contribution in [3.05, 3.63) is 226 Å². The normalized spacial score (nSPS) is 10.8. The Morgan fingerprint density at radius 3 is 1.05 bits per heavy atom. The van der Waals surface area contributed by atoms with Gasteiger partial charge in [0.25, 0.3) is 0 Å². The van der Waals surface area contributed by atoms with Crippen LogP contribution in [0.1, 0.15) is 78.6 Å². The molecule has 10 nitrogen and oxygen atoms in total. The van der Waals surface area contributed by atoms with Crippen LogP contribution in [-0.4, -0.2) is 55.2 Å². The Morgan fingerprint density at radius 2 is 0.788 bits per heavy atom. The summed E-state index contributed by atoms with van der Waals surface area (Å²) >= 11 is 3.16. The first kappa shape index (κ1) is 71.6. The second-order valence-corrected chi connectivity index (χ2v) is 38.1. The van der Waals surface area contributed by atoms with Gasteiger partial charge in [-0.25, -0.2) is 29.5 Å². The summed E-state index contributed by atoms with van der Waals surface area (Å²) in [5.41, 5.74) is 8.67. The maximum absolute atomic E-state index is 12.1. The van der Waals surface area contributed by atoms with Crippen LogP contribution < -0.4 is 43.2 Å². The Morgan fingerprint density at radius 1 is 0.518 bits per heavy atom. The first-order chi connectivity index (χ1) is 40.4. The number of aromatic amines is 2. The number of hydrogen-bond acceptors (Lipinski definition) is 6. The van der Waals surface area contributed by atoms with Crippen molar-refractivity contribution < 1.29 is 15.9 Å². The molecule has 448 valence electrons. The Labute approximate surface area is 533 Å². The van der Waals surface area contributed by atoms with E-state index in [1.807, 2.05) is 0 Å². The molecule has 0 amide bonds. The molecular formula is C67H79BrCl2N8O2P2PdSi2. The topological polar surface area (TPSA) is 127 Å². The van der Waals surface area contributed by atoms with Gasteiger partial charge in [-0.05, 0) is 89.3 Å². The number of nitrogens with zero attached hydrogens (tertiary/aromatic N) is 6. The number of aromatic nitrogens is 8. The summed E-state index contributed by atoms with van der Waals surface area (Å²) < 4.78 is 4.04. The minimum Gasteiger partial charge on any atom is -0.0622 e. The molecule has 10 rings (SSSR count). The van der Waals surface area contributed by atoms with E-state index < -0.39 is 32.0 Å². The standard InChI is InChI=1S/2C18H15P.C15H22N4OSi.C10H13BrN4O.C5H10Si.CH4.2ClH.Pd/c2*1-4-10-16(11-5-1)19(17-12-6-2-7-13-17)18-14-8-3-9-15-18;1-6-12(7-2)19-14-13(18-15(19)20)16-10-11(17-14)8-9-21(3,4)5;1-3-6(4-2)15-9-8(14-10(15)16)12-5-7(11)13-9;1-5-6(2,3)4;;;;/h2*1-15H;10,12H,6-7H2,1-5H3,(H,16,18,20);5-6H,3-4H2,1-2H3,(H,12,14,16);1H,2-4H3;1H4;2*1H;/q;;;;;;;;+2/p-2. The van der Waals surface area contributed by atoms with Crippen LogP contribution in [0.4, 0.5) is 0 Å². The number of terminal acetylenes is 1. The molecule has 4 aromatic heterocycles. The van der Waals surface area contributed by atoms with Gasteiger partial charge in [-0.3, -0.25) is 19.1 Å². The van der Waals surface area contributed by atoms with Crippen LogP contribution in [-0.2, 0) is 15.9 Å². The van der Waals surface area contributed by atoms with Gasteiger partial charge in [0.05, 0.1) is 12.4 Å². The van der Waals surface area contributed by atoms with Crippen LogP contribution >= 0.6 is 50.8 Å². The van der Waals surface area contributed by atoms with Crippen LogP contribution in [0.5, 0.6) is 0 Å². The van der Waals surface area contributed by atoms with E-state index in [0.29, 0.717) is 32.9 Å². The largest absolute Gasteiger partial charge is 0.0622 e. The third kappa shape index (κ3) is 22.7. The van der Waals surface area contributed by atoms with Crippen LogP contribution in [0.2, 0.25) is 39.3 Å². The summed E-state index contributed by atoms with van der Waals surface area (Å²) in [6.45, 7) is 21.2. The molecule has 2 N–H and O–H groups in total. The van der Waals surface area contributed by atoms with Crippen molar-refractivity contribution in [3.8, 4) is 23.4 Å². The van der Waals surface area contributed by atoms with E-state index in [4.69, 9.17) is 25.5 Å². The zero-order chi connectivity index (χ0) is 61.1. The first-order valence-electron chi connectivity index (χ1n) is 27.7. The molecule has 85 heavy (non-hydrogen) atoms. The van der Waals surface area contributed by atoms with Crippen molar-refractivity contribution in [2.45, 2.75) is 112 Å². The van der Waals surface area contributed by atoms with E-state index in [0.717, 1.165) is 25.7 Å². The molecule has 0 spiro atoms. The van der Waals surface area contributed by atoms with E-state index in [1.165, 1.54) is 31.8 Å². The SMILES string of the molecule is C.C#C[Si](C)(C)C.CCC(CC)n1c(=O)[nH]c2ncc(Br)nc21.CCC(CC)n1c(=O)[nH]c2ncc(C#C[Si](C)(C)C)nc21.[Cl][Pd][Cl].c1ccc(P(c2ccccc2)c2ccccc2)cc1.c1ccc(P(c2ccccc2)c2ccccc2)cc1. The molecule has 10 aromatic rings. The zero-order valence-corrected chi connectivity index (χ0v) is 57.8. The zero-order valence-electron chi connectivity index (χ0n) is 49.4. The molecule has 0 unspecified atom stereocenters. The van der Waals surface area contributed by atoms with Crippen molar-refractivity contribution in [1.82, 2.24) is 39.0 Å². The van der Waals surface area contributed by atoms with Gasteiger partial charge in [-0.1, -0.05) is 262 Å². The molecule has 4 heterocycles. The van der Waals surface area contributed by atoms with Gasteiger partial charge < -0.3 is 0 Å². The van der Waals surface area contributed by atoms with Crippen molar-refractivity contribution in [2.75, 3.05) is 0 Å². The summed E-state index contributed by atoms with van der Waals surface area (Å²) in [6, 6.07) is 65.0. The fourth-order valence-corrected chi connectivity index (χ4v) is 13.8. The molecule has 0 aliphatic heterocycles. The van der Waals surface area contributed by atoms with Gasteiger partial charge in [0.2, 0.25) is 0 Å². The summed E-state index contributed by atoms with van der Waals surface area (Å²) in [6.07, 6.45) is 11.9. The molecule has 0 aliphatic rings. The van der Waals surface area contributed by atoms with Gasteiger partial charge in [-0.2, -0.15) is 0 Å². The van der Waals surface area contributed by atoms with Gasteiger partial charge in [0.1, 0.15) is 26.4 Å². The molecular weight excluding hydrogens is 1320 g/mol. The minimum atomic E-state index is -1.46. The van der Waals surface area contributed by atoms with Crippen LogP contribution in [0, 0.1) is 23.4 Å². The molecule has 0 bridgehead atoms. The number of H-pyrrole nitrogens is 2. The quantitative estimate of drug-likeness (QED) is 0.0713. The number of fused-ring (bicyclic) bond motifs is 2. The second kappa shape index (κ2) is 37.0. The van der Waals surface area contributed by atoms with E-state index in [1.54, 1.807) is 21.5 Å². The molecule has 0 fully saturated rings. The molecule has 0 radical (unpaired) electrons. The van der Waals surface area contributed by atoms with Crippen LogP contribution in [0.25, 0.3) is 22.6 Å². The van der Waals surface area contributed by atoms with Crippen molar-refractivity contribution in [2.24, 2.45) is 0 Å². The third-order valence-corrected chi connectivity index (χ3v) is 19.5. The Bertz CT molecular complexity index is 3450. The van der Waals surface area contributed by atoms with E-state index in [2.05, 4.69) is 312 Å².